The maximum atomic E-state index is 11.6. The molecule has 1 unspecified atom stereocenters. The Balaban J connectivity index is 2.39. The van der Waals surface area contributed by atoms with Gasteiger partial charge < -0.3 is 25.8 Å². The molecule has 1 aromatic rings. The average molecular weight is 278 g/mol. The summed E-state index contributed by atoms with van der Waals surface area (Å²) in [6.07, 6.45) is -3.67. The highest BCUT2D eigenvalue weighted by molar-refractivity contribution is 6.32. The van der Waals surface area contributed by atoms with Gasteiger partial charge in [0.05, 0.1) is 11.6 Å². The highest BCUT2D eigenvalue weighted by Gasteiger charge is 2.43. The van der Waals surface area contributed by atoms with Crippen LogP contribution < -0.4 is 11.4 Å². The van der Waals surface area contributed by atoms with E-state index in [1.54, 1.807) is 0 Å². The molecule has 4 atom stereocenters. The fourth-order valence-corrected chi connectivity index (χ4v) is 1.90. The predicted molar refractivity (Wildman–Crippen MR) is 60.9 cm³/mol. The minimum atomic E-state index is -1.37. The number of ether oxygens (including phenoxy) is 1. The van der Waals surface area contributed by atoms with Gasteiger partial charge in [-0.05, 0) is 0 Å². The van der Waals surface area contributed by atoms with Gasteiger partial charge in [-0.1, -0.05) is 11.6 Å². The molecule has 1 fully saturated rings. The minimum absolute atomic E-state index is 0.0207. The van der Waals surface area contributed by atoms with Crippen LogP contribution in [0.5, 0.6) is 0 Å². The Kier molecular flexibility index (Phi) is 3.55. The number of halogens is 1. The fraction of sp³-hybridized carbons (Fsp3) is 0.556. The summed E-state index contributed by atoms with van der Waals surface area (Å²) in [5.74, 6) is -0.135. The number of aliphatic hydroxyl groups is 3. The summed E-state index contributed by atoms with van der Waals surface area (Å²) >= 11 is 5.72. The first-order chi connectivity index (χ1) is 8.45. The molecule has 2 heterocycles. The number of hydrogen-bond acceptors (Lipinski definition) is 7. The molecule has 0 aliphatic carbocycles. The number of nitrogen functional groups attached to an aromatic ring is 1. The summed E-state index contributed by atoms with van der Waals surface area (Å²) in [5.41, 5.74) is 4.58. The molecule has 0 amide bonds. The number of anilines is 1. The molecule has 0 bridgehead atoms. The van der Waals surface area contributed by atoms with Gasteiger partial charge in [0.2, 0.25) is 0 Å². The van der Waals surface area contributed by atoms with Crippen molar-refractivity contribution in [3.8, 4) is 0 Å². The summed E-state index contributed by atoms with van der Waals surface area (Å²) in [7, 11) is 0. The number of rotatable bonds is 2. The van der Waals surface area contributed by atoms with E-state index in [2.05, 4.69) is 4.98 Å². The summed E-state index contributed by atoms with van der Waals surface area (Å²) in [6.45, 7) is -0.486. The van der Waals surface area contributed by atoms with E-state index >= 15 is 0 Å². The van der Waals surface area contributed by atoms with E-state index < -0.39 is 36.8 Å². The zero-order chi connectivity index (χ0) is 13.4. The van der Waals surface area contributed by atoms with Gasteiger partial charge in [0.1, 0.15) is 24.1 Å². The molecule has 1 aliphatic rings. The third-order valence-corrected chi connectivity index (χ3v) is 3.02. The first-order valence-electron chi connectivity index (χ1n) is 5.12. The molecule has 0 radical (unpaired) electrons. The summed E-state index contributed by atoms with van der Waals surface area (Å²) in [4.78, 5) is 15.1. The second-order valence-electron chi connectivity index (χ2n) is 3.89. The number of hydrogen-bond donors (Lipinski definition) is 4. The van der Waals surface area contributed by atoms with E-state index in [0.717, 1.165) is 10.8 Å². The fourth-order valence-electron chi connectivity index (χ4n) is 1.75. The van der Waals surface area contributed by atoms with Crippen molar-refractivity contribution in [3.63, 3.8) is 0 Å². The third kappa shape index (κ3) is 2.08. The Hall–Kier alpha value is -1.19. The Morgan fingerprint density at radius 2 is 2.17 bits per heavy atom. The van der Waals surface area contributed by atoms with Crippen LogP contribution in [0.4, 0.5) is 5.82 Å². The topological polar surface area (TPSA) is 131 Å². The van der Waals surface area contributed by atoms with Gasteiger partial charge in [0.15, 0.2) is 6.23 Å². The van der Waals surface area contributed by atoms with Crippen LogP contribution in [0.2, 0.25) is 5.02 Å². The first-order valence-corrected chi connectivity index (χ1v) is 5.50. The van der Waals surface area contributed by atoms with Crippen LogP contribution in [-0.4, -0.2) is 49.8 Å². The van der Waals surface area contributed by atoms with Gasteiger partial charge >= 0.3 is 5.69 Å². The van der Waals surface area contributed by atoms with Crippen molar-refractivity contribution in [2.45, 2.75) is 24.5 Å². The maximum Gasteiger partial charge on any atom is 0.351 e. The second kappa shape index (κ2) is 4.82. The van der Waals surface area contributed by atoms with Crippen molar-refractivity contribution < 1.29 is 20.1 Å². The molecule has 1 aromatic heterocycles. The molecule has 100 valence electrons. The van der Waals surface area contributed by atoms with Crippen LogP contribution in [0.25, 0.3) is 0 Å². The smallest absolute Gasteiger partial charge is 0.351 e. The van der Waals surface area contributed by atoms with Crippen molar-refractivity contribution in [1.82, 2.24) is 9.55 Å². The van der Waals surface area contributed by atoms with Gasteiger partial charge in [0.25, 0.3) is 0 Å². The van der Waals surface area contributed by atoms with E-state index in [9.17, 15) is 15.0 Å². The Labute approximate surface area is 106 Å². The van der Waals surface area contributed by atoms with E-state index in [-0.39, 0.29) is 10.8 Å². The van der Waals surface area contributed by atoms with Crippen LogP contribution in [0.3, 0.4) is 0 Å². The number of nitrogens with zero attached hydrogens (tertiary/aromatic N) is 2. The molecule has 5 N–H and O–H groups in total. The molecule has 2 rings (SSSR count). The van der Waals surface area contributed by atoms with Crippen molar-refractivity contribution in [1.29, 1.82) is 0 Å². The average Bonchev–Trinajstić information content (AvgIpc) is 2.61. The molecule has 0 spiro atoms. The van der Waals surface area contributed by atoms with Gasteiger partial charge in [-0.3, -0.25) is 4.57 Å². The van der Waals surface area contributed by atoms with Gasteiger partial charge in [-0.15, -0.1) is 0 Å². The molecule has 1 aliphatic heterocycles. The molecular weight excluding hydrogens is 266 g/mol. The standard InChI is InChI=1S/C9H12ClN3O5/c10-3-1-13(9(17)12-7(3)11)8-6(16)5(15)4(2-14)18-8/h1,4-6,8,14-16H,2H2,(H2,11,12,17)/t4-,5?,6+,8-/m1/s1. The highest BCUT2D eigenvalue weighted by atomic mass is 35.5. The van der Waals surface area contributed by atoms with E-state index in [1.165, 1.54) is 0 Å². The van der Waals surface area contributed by atoms with Gasteiger partial charge in [-0.2, -0.15) is 4.98 Å². The van der Waals surface area contributed by atoms with E-state index in [0.29, 0.717) is 0 Å². The summed E-state index contributed by atoms with van der Waals surface area (Å²) in [5, 5.41) is 28.3. The zero-order valence-corrected chi connectivity index (χ0v) is 9.86. The van der Waals surface area contributed by atoms with Crippen LogP contribution in [-0.2, 0) is 4.74 Å². The first kappa shape index (κ1) is 13.2. The molecule has 18 heavy (non-hydrogen) atoms. The Morgan fingerprint density at radius 3 is 2.72 bits per heavy atom. The normalized spacial score (nSPS) is 31.8. The van der Waals surface area contributed by atoms with Crippen molar-refractivity contribution in [2.75, 3.05) is 12.3 Å². The highest BCUT2D eigenvalue weighted by Crippen LogP contribution is 2.29. The quantitative estimate of drug-likeness (QED) is 0.496. The van der Waals surface area contributed by atoms with Crippen LogP contribution in [0.15, 0.2) is 11.0 Å². The summed E-state index contributed by atoms with van der Waals surface area (Å²) in [6, 6.07) is 0. The Morgan fingerprint density at radius 1 is 1.50 bits per heavy atom. The predicted octanol–water partition coefficient (Wildman–Crippen LogP) is -1.91. The monoisotopic (exact) mass is 277 g/mol. The van der Waals surface area contributed by atoms with Crippen molar-refractivity contribution in [3.05, 3.63) is 21.7 Å². The molecule has 8 nitrogen and oxygen atoms in total. The van der Waals surface area contributed by atoms with Crippen LogP contribution in [0, 0.1) is 0 Å². The van der Waals surface area contributed by atoms with E-state index in [1.807, 2.05) is 0 Å². The summed E-state index contributed by atoms with van der Waals surface area (Å²) < 4.78 is 6.09. The molecular formula is C9H12ClN3O5. The lowest BCUT2D eigenvalue weighted by Gasteiger charge is -2.17. The van der Waals surface area contributed by atoms with Crippen molar-refractivity contribution in [2.24, 2.45) is 0 Å². The van der Waals surface area contributed by atoms with Crippen molar-refractivity contribution >= 4 is 17.4 Å². The Bertz CT molecular complexity index is 507. The largest absolute Gasteiger partial charge is 0.394 e. The lowest BCUT2D eigenvalue weighted by molar-refractivity contribution is -0.0549. The van der Waals surface area contributed by atoms with Gasteiger partial charge in [-0.25, -0.2) is 4.79 Å². The van der Waals surface area contributed by atoms with E-state index in [4.69, 9.17) is 27.2 Å². The molecule has 1 saturated heterocycles. The number of nitrogens with two attached hydrogens (primary N) is 1. The molecule has 9 heteroatoms. The van der Waals surface area contributed by atoms with Gasteiger partial charge in [0, 0.05) is 6.20 Å². The molecule has 0 saturated carbocycles. The number of aromatic nitrogens is 2. The lowest BCUT2D eigenvalue weighted by atomic mass is 10.1. The second-order valence-corrected chi connectivity index (χ2v) is 4.30. The van der Waals surface area contributed by atoms with Crippen LogP contribution in [0.1, 0.15) is 6.23 Å². The lowest BCUT2D eigenvalue weighted by Crippen LogP contribution is -2.36. The minimum Gasteiger partial charge on any atom is -0.394 e. The maximum absolute atomic E-state index is 11.6. The third-order valence-electron chi connectivity index (χ3n) is 2.73. The van der Waals surface area contributed by atoms with Crippen LogP contribution >= 0.6 is 11.6 Å². The molecule has 0 aromatic carbocycles. The zero-order valence-electron chi connectivity index (χ0n) is 9.10. The number of aliphatic hydroxyl groups excluding tert-OH is 3. The SMILES string of the molecule is Nc1nc(=O)n([C@@H]2O[C@H](CO)C(O)[C@@H]2O)cc1Cl.